The Morgan fingerprint density at radius 1 is 1.37 bits per heavy atom. The maximum Gasteiger partial charge on any atom is 0.274 e. The largest absolute Gasteiger partial charge is 0.395 e. The highest BCUT2D eigenvalue weighted by atomic mass is 16.3. The van der Waals surface area contributed by atoms with Gasteiger partial charge in [0.05, 0.1) is 31.2 Å². The van der Waals surface area contributed by atoms with E-state index >= 15 is 0 Å². The molecule has 0 aliphatic heterocycles. The summed E-state index contributed by atoms with van der Waals surface area (Å²) in [6.07, 6.45) is 1.51. The molecule has 1 rings (SSSR count). The van der Waals surface area contributed by atoms with E-state index in [4.69, 9.17) is 21.1 Å². The number of nitrogens with two attached hydrogens (primary N) is 1. The van der Waals surface area contributed by atoms with Crippen LogP contribution in [0.15, 0.2) is 0 Å². The second-order valence-electron chi connectivity index (χ2n) is 4.42. The number of aliphatic hydroxyl groups is 3. The van der Waals surface area contributed by atoms with E-state index < -0.39 is 31.3 Å². The van der Waals surface area contributed by atoms with E-state index in [0.717, 1.165) is 6.42 Å². The fourth-order valence-corrected chi connectivity index (χ4v) is 1.57. The van der Waals surface area contributed by atoms with Gasteiger partial charge in [-0.15, -0.1) is 0 Å². The van der Waals surface area contributed by atoms with E-state index in [0.29, 0.717) is 12.1 Å². The van der Waals surface area contributed by atoms with Crippen LogP contribution in [0.25, 0.3) is 0 Å². The lowest BCUT2D eigenvalue weighted by Gasteiger charge is -2.28. The first-order valence-corrected chi connectivity index (χ1v) is 6.01. The van der Waals surface area contributed by atoms with Gasteiger partial charge in [-0.25, -0.2) is 0 Å². The summed E-state index contributed by atoms with van der Waals surface area (Å²) in [5.74, 6) is -0.659. The molecule has 19 heavy (non-hydrogen) atoms. The van der Waals surface area contributed by atoms with Crippen molar-refractivity contribution in [2.75, 3.05) is 25.6 Å². The lowest BCUT2D eigenvalue weighted by Crippen LogP contribution is -2.57. The number of aryl methyl sites for hydroxylation is 1. The lowest BCUT2D eigenvalue weighted by molar-refractivity contribution is 0.0373. The Bertz CT molecular complexity index is 420. The molecule has 0 saturated heterocycles. The van der Waals surface area contributed by atoms with E-state index in [-0.39, 0.29) is 11.4 Å². The van der Waals surface area contributed by atoms with Crippen molar-refractivity contribution in [2.24, 2.45) is 0 Å². The number of nitrogen functional groups attached to an aromatic ring is 1. The van der Waals surface area contributed by atoms with E-state index in [1.165, 1.54) is 0 Å². The number of aromatic nitrogens is 2. The van der Waals surface area contributed by atoms with E-state index in [2.05, 4.69) is 15.5 Å². The molecule has 0 atom stereocenters. The minimum atomic E-state index is -1.49. The molecule has 0 aromatic carbocycles. The Morgan fingerprint density at radius 3 is 2.42 bits per heavy atom. The normalized spacial score (nSPS) is 11.6. The molecule has 0 fully saturated rings. The third-order valence-electron chi connectivity index (χ3n) is 2.88. The number of nitrogens with zero attached hydrogens (tertiary/aromatic N) is 1. The highest BCUT2D eigenvalue weighted by Gasteiger charge is 2.32. The number of hydrogen-bond donors (Lipinski definition) is 6. The second kappa shape index (κ2) is 6.50. The van der Waals surface area contributed by atoms with Crippen molar-refractivity contribution >= 4 is 11.6 Å². The van der Waals surface area contributed by atoms with Gasteiger partial charge in [0.15, 0.2) is 5.69 Å². The van der Waals surface area contributed by atoms with Crippen LogP contribution in [0.4, 0.5) is 5.69 Å². The number of carbonyl (C=O) groups excluding carboxylic acids is 1. The maximum atomic E-state index is 12.0. The van der Waals surface area contributed by atoms with Crippen LogP contribution in [0.1, 0.15) is 29.5 Å². The molecule has 108 valence electrons. The number of aromatic amines is 1. The summed E-state index contributed by atoms with van der Waals surface area (Å²) < 4.78 is 0. The molecule has 8 heteroatoms. The number of carbonyl (C=O) groups is 1. The van der Waals surface area contributed by atoms with E-state index in [1.54, 1.807) is 0 Å². The van der Waals surface area contributed by atoms with Crippen molar-refractivity contribution in [3.63, 3.8) is 0 Å². The molecule has 1 amide bonds. The Labute approximate surface area is 110 Å². The van der Waals surface area contributed by atoms with Crippen molar-refractivity contribution in [3.8, 4) is 0 Å². The molecule has 0 radical (unpaired) electrons. The minimum absolute atomic E-state index is 0.0109. The SMILES string of the molecule is CCCc1[nH]nc(C(=O)NC(CO)(CO)CO)c1N. The smallest absolute Gasteiger partial charge is 0.274 e. The number of aliphatic hydroxyl groups excluding tert-OH is 3. The molecular formula is C11H20N4O4. The average molecular weight is 272 g/mol. The molecule has 0 bridgehead atoms. The van der Waals surface area contributed by atoms with Crippen LogP contribution in [0.2, 0.25) is 0 Å². The molecule has 1 aromatic rings. The topological polar surface area (TPSA) is 144 Å². The zero-order valence-electron chi connectivity index (χ0n) is 10.8. The summed E-state index contributed by atoms with van der Waals surface area (Å²) in [7, 11) is 0. The fourth-order valence-electron chi connectivity index (χ4n) is 1.57. The number of anilines is 1. The average Bonchev–Trinajstić information content (AvgIpc) is 2.78. The maximum absolute atomic E-state index is 12.0. The third-order valence-corrected chi connectivity index (χ3v) is 2.88. The van der Waals surface area contributed by atoms with Gasteiger partial charge in [-0.3, -0.25) is 9.89 Å². The fraction of sp³-hybridized carbons (Fsp3) is 0.636. The summed E-state index contributed by atoms with van der Waals surface area (Å²) >= 11 is 0. The number of amides is 1. The monoisotopic (exact) mass is 272 g/mol. The lowest BCUT2D eigenvalue weighted by atomic mass is 10.0. The number of rotatable bonds is 7. The predicted molar refractivity (Wildman–Crippen MR) is 68.4 cm³/mol. The van der Waals surface area contributed by atoms with Crippen LogP contribution in [0.5, 0.6) is 0 Å². The molecule has 7 N–H and O–H groups in total. The summed E-state index contributed by atoms with van der Waals surface area (Å²) in [6, 6.07) is 0. The summed E-state index contributed by atoms with van der Waals surface area (Å²) in [6.45, 7) is 0.169. The standard InChI is InChI=1S/C11H20N4O4/c1-2-3-7-8(12)9(15-14-7)10(19)13-11(4-16,5-17)6-18/h16-18H,2-6,12H2,1H3,(H,13,19)(H,14,15). The predicted octanol–water partition coefficient (Wildman–Crippen LogP) is -1.61. The van der Waals surface area contributed by atoms with E-state index in [1.807, 2.05) is 6.92 Å². The van der Waals surface area contributed by atoms with Gasteiger partial charge in [0.2, 0.25) is 0 Å². The highest BCUT2D eigenvalue weighted by Crippen LogP contribution is 2.16. The van der Waals surface area contributed by atoms with Crippen LogP contribution in [0, 0.1) is 0 Å². The van der Waals surface area contributed by atoms with Crippen molar-refractivity contribution in [2.45, 2.75) is 25.3 Å². The first-order chi connectivity index (χ1) is 9.03. The summed E-state index contributed by atoms with van der Waals surface area (Å²) in [4.78, 5) is 12.0. The molecule has 0 aliphatic carbocycles. The zero-order valence-corrected chi connectivity index (χ0v) is 10.8. The first-order valence-electron chi connectivity index (χ1n) is 6.01. The second-order valence-corrected chi connectivity index (χ2v) is 4.42. The van der Waals surface area contributed by atoms with Crippen LogP contribution < -0.4 is 11.1 Å². The number of H-pyrrole nitrogens is 1. The summed E-state index contributed by atoms with van der Waals surface area (Å²) in [5.41, 5.74) is 5.19. The Hall–Kier alpha value is -1.64. The van der Waals surface area contributed by atoms with Gasteiger partial charge in [-0.2, -0.15) is 5.10 Å². The van der Waals surface area contributed by atoms with Crippen molar-refractivity contribution in [3.05, 3.63) is 11.4 Å². The van der Waals surface area contributed by atoms with Crippen molar-refractivity contribution in [1.29, 1.82) is 0 Å². The number of nitrogens with one attached hydrogen (secondary N) is 2. The van der Waals surface area contributed by atoms with Gasteiger partial charge in [0, 0.05) is 0 Å². The van der Waals surface area contributed by atoms with E-state index in [9.17, 15) is 4.79 Å². The van der Waals surface area contributed by atoms with Crippen LogP contribution in [0.3, 0.4) is 0 Å². The Kier molecular flexibility index (Phi) is 5.28. The quantitative estimate of drug-likeness (QED) is 0.352. The van der Waals surface area contributed by atoms with Crippen LogP contribution in [-0.2, 0) is 6.42 Å². The molecule has 8 nitrogen and oxygen atoms in total. The van der Waals surface area contributed by atoms with Gasteiger partial charge < -0.3 is 26.4 Å². The van der Waals surface area contributed by atoms with Gasteiger partial charge in [0.25, 0.3) is 5.91 Å². The zero-order chi connectivity index (χ0) is 14.5. The minimum Gasteiger partial charge on any atom is -0.395 e. The molecule has 0 spiro atoms. The van der Waals surface area contributed by atoms with Crippen molar-refractivity contribution < 1.29 is 20.1 Å². The Balaban J connectivity index is 2.89. The van der Waals surface area contributed by atoms with Gasteiger partial charge >= 0.3 is 0 Å². The third kappa shape index (κ3) is 3.22. The highest BCUT2D eigenvalue weighted by molar-refractivity contribution is 5.98. The molecule has 1 heterocycles. The van der Waals surface area contributed by atoms with Crippen LogP contribution >= 0.6 is 0 Å². The number of hydrogen-bond acceptors (Lipinski definition) is 6. The summed E-state index contributed by atoms with van der Waals surface area (Å²) in [5, 5.41) is 36.2. The molecular weight excluding hydrogens is 252 g/mol. The Morgan fingerprint density at radius 2 is 1.95 bits per heavy atom. The van der Waals surface area contributed by atoms with Crippen LogP contribution in [-0.4, -0.2) is 56.8 Å². The first kappa shape index (κ1) is 15.4. The molecule has 0 saturated carbocycles. The van der Waals surface area contributed by atoms with Gasteiger partial charge in [-0.05, 0) is 6.42 Å². The molecule has 1 aromatic heterocycles. The molecule has 0 aliphatic rings. The van der Waals surface area contributed by atoms with Gasteiger partial charge in [-0.1, -0.05) is 13.3 Å². The molecule has 0 unspecified atom stereocenters. The van der Waals surface area contributed by atoms with Crippen molar-refractivity contribution in [1.82, 2.24) is 15.5 Å². The van der Waals surface area contributed by atoms with Gasteiger partial charge in [0.1, 0.15) is 5.54 Å².